The highest BCUT2D eigenvalue weighted by atomic mass is 32.1. The Morgan fingerprint density at radius 1 is 1.38 bits per heavy atom. The zero-order valence-electron chi connectivity index (χ0n) is 12.4. The fraction of sp³-hybridized carbons (Fsp3) is 0.333. The van der Waals surface area contributed by atoms with Gasteiger partial charge < -0.3 is 9.47 Å². The molecule has 1 N–H and O–H groups in total. The van der Waals surface area contributed by atoms with Crippen molar-refractivity contribution in [2.75, 3.05) is 19.1 Å². The van der Waals surface area contributed by atoms with Crippen LogP contribution in [0.15, 0.2) is 34.9 Å². The molecule has 0 fully saturated rings. The van der Waals surface area contributed by atoms with Crippen molar-refractivity contribution in [3.8, 4) is 11.5 Å². The third kappa shape index (κ3) is 4.75. The van der Waals surface area contributed by atoms with Crippen LogP contribution in [-0.2, 0) is 0 Å². The highest BCUT2D eigenvalue weighted by Gasteiger charge is 2.06. The van der Waals surface area contributed by atoms with Gasteiger partial charge in [-0.15, -0.1) is 11.3 Å². The van der Waals surface area contributed by atoms with Crippen molar-refractivity contribution in [3.05, 3.63) is 35.3 Å². The van der Waals surface area contributed by atoms with Gasteiger partial charge in [-0.05, 0) is 29.7 Å². The van der Waals surface area contributed by atoms with Crippen LogP contribution in [0, 0.1) is 5.92 Å². The summed E-state index contributed by atoms with van der Waals surface area (Å²) < 4.78 is 11.1. The smallest absolute Gasteiger partial charge is 0.203 e. The van der Waals surface area contributed by atoms with E-state index >= 15 is 0 Å². The molecule has 0 aliphatic carbocycles. The van der Waals surface area contributed by atoms with Crippen LogP contribution in [0.2, 0.25) is 0 Å². The normalized spacial score (nSPS) is 11.0. The fourth-order valence-electron chi connectivity index (χ4n) is 1.58. The highest BCUT2D eigenvalue weighted by molar-refractivity contribution is 7.13. The van der Waals surface area contributed by atoms with Gasteiger partial charge in [0.05, 0.1) is 19.9 Å². The lowest BCUT2D eigenvalue weighted by molar-refractivity contribution is 0.257. The first kappa shape index (κ1) is 15.3. The topological polar surface area (TPSA) is 55.7 Å². The van der Waals surface area contributed by atoms with Crippen molar-refractivity contribution < 1.29 is 9.47 Å². The predicted molar refractivity (Wildman–Crippen MR) is 86.7 cm³/mol. The second kappa shape index (κ2) is 7.64. The molecular weight excluding hydrogens is 286 g/mol. The van der Waals surface area contributed by atoms with Gasteiger partial charge in [0, 0.05) is 11.6 Å². The standard InChI is InChI=1S/C15H19N3O2S/c1-11(2)10-20-13-5-4-12(8-14(13)19-3)9-17-18-15-16-6-7-21-15/h4-9,11H,10H2,1-3H3,(H,16,18)/b17-9-. The largest absolute Gasteiger partial charge is 0.493 e. The van der Waals surface area contributed by atoms with E-state index in [1.54, 1.807) is 19.5 Å². The number of aromatic nitrogens is 1. The van der Waals surface area contributed by atoms with E-state index in [1.165, 1.54) is 11.3 Å². The van der Waals surface area contributed by atoms with Crippen LogP contribution in [0.5, 0.6) is 11.5 Å². The quantitative estimate of drug-likeness (QED) is 0.627. The number of thiazole rings is 1. The number of hydrogen-bond donors (Lipinski definition) is 1. The Morgan fingerprint density at radius 2 is 2.24 bits per heavy atom. The van der Waals surface area contributed by atoms with Gasteiger partial charge in [0.2, 0.25) is 5.13 Å². The predicted octanol–water partition coefficient (Wildman–Crippen LogP) is 3.63. The molecule has 6 heteroatoms. The number of rotatable bonds is 7. The first-order valence-corrected chi connectivity index (χ1v) is 7.56. The van der Waals surface area contributed by atoms with E-state index in [1.807, 2.05) is 23.6 Å². The number of ether oxygens (including phenoxy) is 2. The maximum Gasteiger partial charge on any atom is 0.203 e. The minimum Gasteiger partial charge on any atom is -0.493 e. The summed E-state index contributed by atoms with van der Waals surface area (Å²) in [5.41, 5.74) is 3.79. The van der Waals surface area contributed by atoms with Crippen molar-refractivity contribution in [1.82, 2.24) is 4.98 Å². The second-order valence-electron chi connectivity index (χ2n) is 4.82. The maximum atomic E-state index is 5.71. The number of anilines is 1. The summed E-state index contributed by atoms with van der Waals surface area (Å²) in [7, 11) is 1.63. The van der Waals surface area contributed by atoms with Gasteiger partial charge in [-0.25, -0.2) is 4.98 Å². The Morgan fingerprint density at radius 3 is 2.90 bits per heavy atom. The van der Waals surface area contributed by atoms with Crippen molar-refractivity contribution in [1.29, 1.82) is 0 Å². The fourth-order valence-corrected chi connectivity index (χ4v) is 2.06. The molecule has 2 aromatic rings. The van der Waals surface area contributed by atoms with Gasteiger partial charge in [0.1, 0.15) is 0 Å². The van der Waals surface area contributed by atoms with E-state index < -0.39 is 0 Å². The molecule has 0 spiro atoms. The van der Waals surface area contributed by atoms with Crippen LogP contribution in [0.25, 0.3) is 0 Å². The monoisotopic (exact) mass is 305 g/mol. The maximum absolute atomic E-state index is 5.71. The van der Waals surface area contributed by atoms with Crippen LogP contribution >= 0.6 is 11.3 Å². The first-order valence-electron chi connectivity index (χ1n) is 6.68. The van der Waals surface area contributed by atoms with Crippen molar-refractivity contribution in [2.45, 2.75) is 13.8 Å². The molecule has 21 heavy (non-hydrogen) atoms. The van der Waals surface area contributed by atoms with Gasteiger partial charge in [-0.1, -0.05) is 13.8 Å². The lowest BCUT2D eigenvalue weighted by atomic mass is 10.2. The Labute approximate surface area is 128 Å². The molecule has 5 nitrogen and oxygen atoms in total. The summed E-state index contributed by atoms with van der Waals surface area (Å²) >= 11 is 1.50. The molecule has 0 bridgehead atoms. The zero-order valence-corrected chi connectivity index (χ0v) is 13.2. The molecule has 0 aliphatic rings. The van der Waals surface area contributed by atoms with Crippen LogP contribution in [-0.4, -0.2) is 24.9 Å². The van der Waals surface area contributed by atoms with E-state index in [0.717, 1.165) is 16.4 Å². The van der Waals surface area contributed by atoms with Gasteiger partial charge in [0.15, 0.2) is 11.5 Å². The summed E-state index contributed by atoms with van der Waals surface area (Å²) in [5, 5.41) is 6.79. The molecule has 2 rings (SSSR count). The van der Waals surface area contributed by atoms with Crippen molar-refractivity contribution >= 4 is 22.7 Å². The molecule has 1 heterocycles. The number of hydrogen-bond acceptors (Lipinski definition) is 6. The number of nitrogens with zero attached hydrogens (tertiary/aromatic N) is 2. The van der Waals surface area contributed by atoms with E-state index in [-0.39, 0.29) is 0 Å². The minimum atomic E-state index is 0.471. The molecule has 1 aromatic carbocycles. The number of methoxy groups -OCH3 is 1. The average Bonchev–Trinajstić information content (AvgIpc) is 2.98. The van der Waals surface area contributed by atoms with E-state index in [4.69, 9.17) is 9.47 Å². The summed E-state index contributed by atoms with van der Waals surface area (Å²) in [6.07, 6.45) is 3.45. The molecule has 0 saturated heterocycles. The lowest BCUT2D eigenvalue weighted by Gasteiger charge is -2.12. The van der Waals surface area contributed by atoms with Crippen LogP contribution in [0.3, 0.4) is 0 Å². The van der Waals surface area contributed by atoms with Crippen LogP contribution in [0.4, 0.5) is 5.13 Å². The Bertz CT molecular complexity index is 583. The molecule has 1 aromatic heterocycles. The molecule has 0 unspecified atom stereocenters. The minimum absolute atomic E-state index is 0.471. The van der Waals surface area contributed by atoms with E-state index in [2.05, 4.69) is 29.4 Å². The Balaban J connectivity index is 2.02. The van der Waals surface area contributed by atoms with Crippen molar-refractivity contribution in [3.63, 3.8) is 0 Å². The molecule has 112 valence electrons. The number of nitrogens with one attached hydrogen (secondary N) is 1. The second-order valence-corrected chi connectivity index (χ2v) is 5.72. The number of benzene rings is 1. The van der Waals surface area contributed by atoms with Crippen molar-refractivity contribution in [2.24, 2.45) is 11.0 Å². The molecular formula is C15H19N3O2S. The van der Waals surface area contributed by atoms with Gasteiger partial charge >= 0.3 is 0 Å². The van der Waals surface area contributed by atoms with Gasteiger partial charge in [0.25, 0.3) is 0 Å². The van der Waals surface area contributed by atoms with Gasteiger partial charge in [-0.2, -0.15) is 5.10 Å². The summed E-state index contributed by atoms with van der Waals surface area (Å²) in [6.45, 7) is 4.88. The Kier molecular flexibility index (Phi) is 5.57. The third-order valence-corrected chi connectivity index (χ3v) is 3.24. The summed E-state index contributed by atoms with van der Waals surface area (Å²) in [4.78, 5) is 4.09. The van der Waals surface area contributed by atoms with E-state index in [0.29, 0.717) is 18.3 Å². The van der Waals surface area contributed by atoms with Crippen LogP contribution in [0.1, 0.15) is 19.4 Å². The number of hydrazone groups is 1. The molecule has 0 saturated carbocycles. The molecule has 0 amide bonds. The van der Waals surface area contributed by atoms with E-state index in [9.17, 15) is 0 Å². The first-order chi connectivity index (χ1) is 10.2. The SMILES string of the molecule is COc1cc(/C=N\Nc2nccs2)ccc1OCC(C)C. The summed E-state index contributed by atoms with van der Waals surface area (Å²) in [6, 6.07) is 5.72. The lowest BCUT2D eigenvalue weighted by Crippen LogP contribution is -2.05. The zero-order chi connectivity index (χ0) is 15.1. The van der Waals surface area contributed by atoms with Crippen LogP contribution < -0.4 is 14.9 Å². The molecule has 0 radical (unpaired) electrons. The average molecular weight is 305 g/mol. The van der Waals surface area contributed by atoms with Gasteiger partial charge in [-0.3, -0.25) is 5.43 Å². The third-order valence-electron chi connectivity index (χ3n) is 2.57. The molecule has 0 aliphatic heterocycles. The Hall–Kier alpha value is -2.08. The highest BCUT2D eigenvalue weighted by Crippen LogP contribution is 2.28. The summed E-state index contributed by atoms with van der Waals surface area (Å²) in [5.74, 6) is 1.92. The molecule has 0 atom stereocenters.